The lowest BCUT2D eigenvalue weighted by molar-refractivity contribution is -0.129. The highest BCUT2D eigenvalue weighted by atomic mass is 16.5. The summed E-state index contributed by atoms with van der Waals surface area (Å²) in [6, 6.07) is 15.7. The standard InChI is InChI=1S/C36H38N6O6/c1-23-30-22-39-34(44)29(19-26-21-38-28-8-4-3-7-27(26)28)40-33(43)9-5-16-42(36(45)24-12-14-37-15-13-24)17-6-18-47-31-11-10-25(20-32(31)46-2)35(41-30)48-23/h3-4,7-8,10-15,20-21,29,38H,5-6,9,16-19,22H2,1-2H3,(H,39,44)(H,40,43)/t29-/m0/s1. The zero-order valence-electron chi connectivity index (χ0n) is 27.0. The number of methoxy groups -OCH3 is 1. The van der Waals surface area contributed by atoms with Gasteiger partial charge in [-0.2, -0.15) is 0 Å². The summed E-state index contributed by atoms with van der Waals surface area (Å²) in [4.78, 5) is 54.0. The summed E-state index contributed by atoms with van der Waals surface area (Å²) >= 11 is 0. The second-order valence-corrected chi connectivity index (χ2v) is 11.6. The highest BCUT2D eigenvalue weighted by molar-refractivity contribution is 5.94. The number of hydrogen-bond acceptors (Lipinski definition) is 8. The van der Waals surface area contributed by atoms with Crippen molar-refractivity contribution >= 4 is 28.6 Å². The molecule has 0 fully saturated rings. The molecule has 3 N–H and O–H groups in total. The summed E-state index contributed by atoms with van der Waals surface area (Å²) in [5.41, 5.74) is 3.62. The molecule has 12 nitrogen and oxygen atoms in total. The minimum atomic E-state index is -0.846. The Morgan fingerprint density at radius 2 is 1.88 bits per heavy atom. The molecule has 2 aromatic carbocycles. The number of para-hydroxylation sites is 1. The number of aromatic amines is 1. The predicted molar refractivity (Wildman–Crippen MR) is 178 cm³/mol. The largest absolute Gasteiger partial charge is 0.493 e. The lowest BCUT2D eigenvalue weighted by Crippen LogP contribution is -2.48. The monoisotopic (exact) mass is 650 g/mol. The lowest BCUT2D eigenvalue weighted by atomic mass is 10.0. The van der Waals surface area contributed by atoms with Gasteiger partial charge in [-0.1, -0.05) is 18.2 Å². The van der Waals surface area contributed by atoms with E-state index in [1.165, 1.54) is 0 Å². The Morgan fingerprint density at radius 1 is 1.06 bits per heavy atom. The van der Waals surface area contributed by atoms with E-state index < -0.39 is 6.04 Å². The van der Waals surface area contributed by atoms with Gasteiger partial charge in [0.15, 0.2) is 11.5 Å². The van der Waals surface area contributed by atoms with Crippen LogP contribution in [0.5, 0.6) is 11.5 Å². The molecule has 0 radical (unpaired) electrons. The lowest BCUT2D eigenvalue weighted by Gasteiger charge is -2.23. The van der Waals surface area contributed by atoms with Gasteiger partial charge in [-0.25, -0.2) is 4.98 Å². The molecule has 12 heteroatoms. The maximum atomic E-state index is 13.7. The molecule has 0 aliphatic carbocycles. The molecule has 3 aromatic heterocycles. The summed E-state index contributed by atoms with van der Waals surface area (Å²) in [7, 11) is 1.56. The van der Waals surface area contributed by atoms with Crippen molar-refractivity contribution < 1.29 is 28.3 Å². The maximum Gasteiger partial charge on any atom is 0.253 e. The smallest absolute Gasteiger partial charge is 0.253 e. The Balaban J connectivity index is 1.27. The Hall–Kier alpha value is -5.65. The fourth-order valence-corrected chi connectivity index (χ4v) is 5.79. The van der Waals surface area contributed by atoms with Gasteiger partial charge in [0.2, 0.25) is 17.7 Å². The van der Waals surface area contributed by atoms with Gasteiger partial charge in [-0.3, -0.25) is 19.4 Å². The van der Waals surface area contributed by atoms with Crippen LogP contribution in [0.4, 0.5) is 0 Å². The van der Waals surface area contributed by atoms with E-state index >= 15 is 0 Å². The van der Waals surface area contributed by atoms with Crippen LogP contribution in [0.2, 0.25) is 0 Å². The van der Waals surface area contributed by atoms with Crippen LogP contribution in [0.1, 0.15) is 46.6 Å². The van der Waals surface area contributed by atoms with Gasteiger partial charge in [0, 0.05) is 66.6 Å². The quantitative estimate of drug-likeness (QED) is 0.256. The number of carbonyl (C=O) groups is 3. The fourth-order valence-electron chi connectivity index (χ4n) is 5.79. The SMILES string of the molecule is COc1cc2ccc1OCCCN(C(=O)c1ccncc1)CCCC(=O)N[C@@H](Cc1c[nH]c3ccccc13)C(=O)NCc1nc-2oc1C. The second kappa shape index (κ2) is 14.8. The second-order valence-electron chi connectivity index (χ2n) is 11.6. The van der Waals surface area contributed by atoms with Crippen molar-refractivity contribution in [3.8, 4) is 23.0 Å². The Kier molecular flexibility index (Phi) is 9.99. The summed E-state index contributed by atoms with van der Waals surface area (Å²) < 4.78 is 17.6. The Bertz CT molecular complexity index is 1900. The van der Waals surface area contributed by atoms with Crippen molar-refractivity contribution in [2.45, 2.75) is 45.2 Å². The highest BCUT2D eigenvalue weighted by Crippen LogP contribution is 2.33. The molecule has 248 valence electrons. The number of pyridine rings is 1. The Morgan fingerprint density at radius 3 is 2.71 bits per heavy atom. The predicted octanol–water partition coefficient (Wildman–Crippen LogP) is 4.58. The highest BCUT2D eigenvalue weighted by Gasteiger charge is 2.24. The van der Waals surface area contributed by atoms with E-state index in [0.717, 1.165) is 16.5 Å². The average Bonchev–Trinajstić information content (AvgIpc) is 3.70. The van der Waals surface area contributed by atoms with Gasteiger partial charge in [0.1, 0.15) is 17.5 Å². The molecule has 1 atom stereocenters. The van der Waals surface area contributed by atoms with Gasteiger partial charge in [0.05, 0.1) is 20.3 Å². The van der Waals surface area contributed by atoms with Crippen molar-refractivity contribution in [1.82, 2.24) is 30.5 Å². The number of benzene rings is 2. The number of fused-ring (bicyclic) bond motifs is 16. The molecule has 0 spiro atoms. The van der Waals surface area contributed by atoms with E-state index in [2.05, 4.69) is 25.6 Å². The molecule has 0 unspecified atom stereocenters. The summed E-state index contributed by atoms with van der Waals surface area (Å²) in [5, 5.41) is 6.87. The fraction of sp³-hybridized carbons (Fsp3) is 0.306. The molecule has 48 heavy (non-hydrogen) atoms. The summed E-state index contributed by atoms with van der Waals surface area (Å²) in [6.45, 7) is 2.99. The molecule has 5 aromatic rings. The molecule has 5 heterocycles. The number of amides is 3. The third-order valence-electron chi connectivity index (χ3n) is 8.36. The van der Waals surface area contributed by atoms with Crippen LogP contribution >= 0.6 is 0 Å². The van der Waals surface area contributed by atoms with E-state index in [1.54, 1.807) is 55.6 Å². The molecule has 3 amide bonds. The van der Waals surface area contributed by atoms with E-state index in [4.69, 9.17) is 13.9 Å². The third-order valence-corrected chi connectivity index (χ3v) is 8.36. The van der Waals surface area contributed by atoms with Gasteiger partial charge >= 0.3 is 0 Å². The number of aryl methyl sites for hydroxylation is 1. The number of aromatic nitrogens is 3. The van der Waals surface area contributed by atoms with E-state index in [-0.39, 0.29) is 37.1 Å². The summed E-state index contributed by atoms with van der Waals surface area (Å²) in [6.07, 6.45) is 6.38. The number of hydrogen-bond donors (Lipinski definition) is 3. The van der Waals surface area contributed by atoms with Crippen molar-refractivity contribution in [2.24, 2.45) is 0 Å². The zero-order valence-corrected chi connectivity index (χ0v) is 27.0. The molecule has 7 rings (SSSR count). The number of H-pyrrole nitrogens is 1. The number of nitrogens with zero attached hydrogens (tertiary/aromatic N) is 3. The van der Waals surface area contributed by atoms with Crippen LogP contribution in [0.3, 0.4) is 0 Å². The van der Waals surface area contributed by atoms with E-state index in [1.807, 2.05) is 36.5 Å². The molecule has 0 saturated heterocycles. The van der Waals surface area contributed by atoms with Crippen molar-refractivity contribution in [2.75, 3.05) is 26.8 Å². The first kappa shape index (κ1) is 32.3. The molecule has 2 aliphatic heterocycles. The molecule has 0 saturated carbocycles. The van der Waals surface area contributed by atoms with Crippen molar-refractivity contribution in [3.05, 3.63) is 95.8 Å². The van der Waals surface area contributed by atoms with Crippen LogP contribution in [0, 0.1) is 6.92 Å². The number of oxazole rings is 1. The number of rotatable bonds is 4. The topological polar surface area (TPSA) is 152 Å². The number of carbonyl (C=O) groups excluding carboxylic acids is 3. The Labute approximate surface area is 277 Å². The van der Waals surface area contributed by atoms with Crippen LogP contribution in [0.25, 0.3) is 22.4 Å². The van der Waals surface area contributed by atoms with Crippen molar-refractivity contribution in [1.29, 1.82) is 0 Å². The molecular weight excluding hydrogens is 612 g/mol. The van der Waals surface area contributed by atoms with Gasteiger partial charge in [-0.05, 0) is 61.7 Å². The first-order chi connectivity index (χ1) is 23.4. The first-order valence-corrected chi connectivity index (χ1v) is 16.0. The number of ether oxygens (including phenoxy) is 2. The van der Waals surface area contributed by atoms with Crippen LogP contribution < -0.4 is 20.1 Å². The van der Waals surface area contributed by atoms with E-state index in [0.29, 0.717) is 72.5 Å². The van der Waals surface area contributed by atoms with Crippen LogP contribution in [-0.4, -0.2) is 70.4 Å². The minimum Gasteiger partial charge on any atom is -0.493 e. The van der Waals surface area contributed by atoms with Crippen LogP contribution in [0.15, 0.2) is 77.6 Å². The summed E-state index contributed by atoms with van der Waals surface area (Å²) in [5.74, 6) is 1.22. The van der Waals surface area contributed by atoms with Gasteiger partial charge in [0.25, 0.3) is 5.91 Å². The zero-order chi connectivity index (χ0) is 33.5. The minimum absolute atomic E-state index is 0.110. The molecular formula is C36H38N6O6. The normalized spacial score (nSPS) is 16.5. The van der Waals surface area contributed by atoms with Crippen LogP contribution in [-0.2, 0) is 22.6 Å². The average molecular weight is 651 g/mol. The first-order valence-electron chi connectivity index (χ1n) is 16.0. The molecule has 2 aliphatic rings. The van der Waals surface area contributed by atoms with Gasteiger partial charge in [-0.15, -0.1) is 0 Å². The molecule has 4 bridgehead atoms. The maximum absolute atomic E-state index is 13.7. The van der Waals surface area contributed by atoms with Gasteiger partial charge < -0.3 is 34.4 Å². The number of nitrogens with one attached hydrogen (secondary N) is 3. The third kappa shape index (κ3) is 7.49. The van der Waals surface area contributed by atoms with E-state index in [9.17, 15) is 14.4 Å². The van der Waals surface area contributed by atoms with Crippen molar-refractivity contribution in [3.63, 3.8) is 0 Å².